The molecule has 3 heteroatoms. The van der Waals surface area contributed by atoms with E-state index in [9.17, 15) is 9.59 Å². The zero-order valence-corrected chi connectivity index (χ0v) is 38.3. The monoisotopic (exact) mass is 775 g/mol. The molecule has 0 aliphatic carbocycles. The highest BCUT2D eigenvalue weighted by molar-refractivity contribution is 5.98. The molecule has 0 bridgehead atoms. The quantitative estimate of drug-likeness (QED) is 0.0351. The molecule has 0 heterocycles. The molecule has 55 heavy (non-hydrogen) atoms. The Morgan fingerprint density at radius 3 is 0.836 bits per heavy atom. The first kappa shape index (κ1) is 54.1. The molecule has 0 amide bonds. The Kier molecular flexibility index (Phi) is 46.8. The number of esters is 1. The predicted molar refractivity (Wildman–Crippen MR) is 244 cm³/mol. The third-order valence-electron chi connectivity index (χ3n) is 12.3. The number of ketones is 1. The fourth-order valence-electron chi connectivity index (χ4n) is 8.37. The summed E-state index contributed by atoms with van der Waals surface area (Å²) in [5, 5.41) is 0. The lowest BCUT2D eigenvalue weighted by Gasteiger charge is -2.15. The van der Waals surface area contributed by atoms with E-state index in [0.717, 1.165) is 38.5 Å². The molecule has 3 nitrogen and oxygen atoms in total. The van der Waals surface area contributed by atoms with Gasteiger partial charge in [0.25, 0.3) is 0 Å². The normalized spacial score (nSPS) is 12.1. The van der Waals surface area contributed by atoms with Gasteiger partial charge in [0, 0.05) is 6.42 Å². The second kappa shape index (κ2) is 47.5. The van der Waals surface area contributed by atoms with Crippen molar-refractivity contribution in [2.75, 3.05) is 6.61 Å². The van der Waals surface area contributed by atoms with Crippen LogP contribution in [0.25, 0.3) is 0 Å². The Hall–Kier alpha value is -0.860. The van der Waals surface area contributed by atoms with Crippen molar-refractivity contribution in [3.8, 4) is 0 Å². The largest absolute Gasteiger partial charge is 0.465 e. The van der Waals surface area contributed by atoms with Crippen molar-refractivity contribution in [3.63, 3.8) is 0 Å². The summed E-state index contributed by atoms with van der Waals surface area (Å²) in [4.78, 5) is 26.5. The van der Waals surface area contributed by atoms with Crippen molar-refractivity contribution in [2.24, 2.45) is 5.92 Å². The molecule has 0 saturated heterocycles. The van der Waals surface area contributed by atoms with Gasteiger partial charge in [-0.3, -0.25) is 9.59 Å². The summed E-state index contributed by atoms with van der Waals surface area (Å²) in [6.45, 7) is 7.35. The average molecular weight is 775 g/mol. The standard InChI is InChI=1S/C52H102O3/c1-4-7-10-13-16-19-22-25-28-30-33-36-39-42-45-48-51(53)50(47-44-41-38-35-32-29-26-23-20-17-14-11-8-5-2)52(54)55-49-46-43-40-37-34-31-27-24-21-18-15-12-9-6-3/h50H,4-49H2,1-3H3. The van der Waals surface area contributed by atoms with Crippen molar-refractivity contribution in [1.82, 2.24) is 0 Å². The summed E-state index contributed by atoms with van der Waals surface area (Å²) >= 11 is 0. The van der Waals surface area contributed by atoms with Gasteiger partial charge in [0.15, 0.2) is 0 Å². The minimum Gasteiger partial charge on any atom is -0.465 e. The van der Waals surface area contributed by atoms with Crippen LogP contribution in [0.15, 0.2) is 0 Å². The molecule has 0 aliphatic rings. The van der Waals surface area contributed by atoms with Gasteiger partial charge in [-0.05, 0) is 19.3 Å². The van der Waals surface area contributed by atoms with Gasteiger partial charge < -0.3 is 4.74 Å². The lowest BCUT2D eigenvalue weighted by atomic mass is 9.92. The van der Waals surface area contributed by atoms with Crippen LogP contribution in [-0.2, 0) is 14.3 Å². The van der Waals surface area contributed by atoms with E-state index < -0.39 is 5.92 Å². The van der Waals surface area contributed by atoms with Crippen molar-refractivity contribution in [2.45, 2.75) is 310 Å². The number of Topliss-reactive ketones (excluding diaryl/α,β-unsaturated/α-hetero) is 1. The first-order chi connectivity index (χ1) is 27.2. The van der Waals surface area contributed by atoms with Crippen molar-refractivity contribution in [3.05, 3.63) is 0 Å². The fourth-order valence-corrected chi connectivity index (χ4v) is 8.37. The number of carbonyl (C=O) groups excluding carboxylic acids is 2. The van der Waals surface area contributed by atoms with Crippen molar-refractivity contribution in [1.29, 1.82) is 0 Å². The lowest BCUT2D eigenvalue weighted by molar-refractivity contribution is -0.152. The highest BCUT2D eigenvalue weighted by Gasteiger charge is 2.27. The Morgan fingerprint density at radius 1 is 0.309 bits per heavy atom. The molecular weight excluding hydrogens is 673 g/mol. The third kappa shape index (κ3) is 42.6. The number of ether oxygens (including phenoxy) is 1. The van der Waals surface area contributed by atoms with E-state index >= 15 is 0 Å². The van der Waals surface area contributed by atoms with E-state index in [1.54, 1.807) is 0 Å². The fraction of sp³-hybridized carbons (Fsp3) is 0.962. The van der Waals surface area contributed by atoms with Crippen LogP contribution in [0.1, 0.15) is 310 Å². The predicted octanol–water partition coefficient (Wildman–Crippen LogP) is 18.3. The second-order valence-corrected chi connectivity index (χ2v) is 17.9. The summed E-state index contributed by atoms with van der Waals surface area (Å²) in [5.74, 6) is -0.610. The Balaban J connectivity index is 4.21. The van der Waals surface area contributed by atoms with Gasteiger partial charge >= 0.3 is 5.97 Å². The first-order valence-corrected chi connectivity index (χ1v) is 25.9. The molecule has 0 aliphatic heterocycles. The van der Waals surface area contributed by atoms with Crippen LogP contribution < -0.4 is 0 Å². The van der Waals surface area contributed by atoms with E-state index in [-0.39, 0.29) is 11.8 Å². The number of carbonyl (C=O) groups is 2. The van der Waals surface area contributed by atoms with E-state index in [2.05, 4.69) is 20.8 Å². The molecule has 0 aromatic carbocycles. The molecule has 0 spiro atoms. The summed E-state index contributed by atoms with van der Waals surface area (Å²) in [6.07, 6.45) is 58.1. The lowest BCUT2D eigenvalue weighted by Crippen LogP contribution is -2.26. The van der Waals surface area contributed by atoms with Crippen LogP contribution in [0.3, 0.4) is 0 Å². The Morgan fingerprint density at radius 2 is 0.545 bits per heavy atom. The third-order valence-corrected chi connectivity index (χ3v) is 12.3. The van der Waals surface area contributed by atoms with Gasteiger partial charge in [-0.15, -0.1) is 0 Å². The van der Waals surface area contributed by atoms with E-state index in [1.165, 1.54) is 238 Å². The van der Waals surface area contributed by atoms with Crippen LogP contribution >= 0.6 is 0 Å². The van der Waals surface area contributed by atoms with E-state index in [4.69, 9.17) is 4.74 Å². The highest BCUT2D eigenvalue weighted by Crippen LogP contribution is 2.21. The van der Waals surface area contributed by atoms with Crippen LogP contribution in [0.4, 0.5) is 0 Å². The molecule has 0 fully saturated rings. The second-order valence-electron chi connectivity index (χ2n) is 17.9. The first-order valence-electron chi connectivity index (χ1n) is 25.9. The molecule has 0 aromatic rings. The van der Waals surface area contributed by atoms with E-state index in [0.29, 0.717) is 19.4 Å². The van der Waals surface area contributed by atoms with Crippen molar-refractivity contribution < 1.29 is 14.3 Å². The maximum absolute atomic E-state index is 13.3. The summed E-state index contributed by atoms with van der Waals surface area (Å²) in [7, 11) is 0. The van der Waals surface area contributed by atoms with Crippen LogP contribution in [0, 0.1) is 5.92 Å². The minimum atomic E-state index is -0.532. The number of hydrogen-bond acceptors (Lipinski definition) is 3. The zero-order chi connectivity index (χ0) is 40.0. The Bertz CT molecular complexity index is 701. The molecule has 1 unspecified atom stereocenters. The van der Waals surface area contributed by atoms with Crippen molar-refractivity contribution >= 4 is 11.8 Å². The molecule has 0 radical (unpaired) electrons. The van der Waals surface area contributed by atoms with Gasteiger partial charge in [0.2, 0.25) is 0 Å². The summed E-state index contributed by atoms with van der Waals surface area (Å²) in [5.41, 5.74) is 0. The van der Waals surface area contributed by atoms with Gasteiger partial charge in [-0.2, -0.15) is 0 Å². The molecule has 328 valence electrons. The number of unbranched alkanes of at least 4 members (excludes halogenated alkanes) is 40. The molecule has 0 rings (SSSR count). The van der Waals surface area contributed by atoms with E-state index in [1.807, 2.05) is 0 Å². The smallest absolute Gasteiger partial charge is 0.316 e. The Labute approximate surface area is 347 Å². The van der Waals surface area contributed by atoms with Gasteiger partial charge in [0.05, 0.1) is 6.61 Å². The van der Waals surface area contributed by atoms with Gasteiger partial charge in [-0.25, -0.2) is 0 Å². The number of rotatable bonds is 48. The molecule has 0 aromatic heterocycles. The molecule has 0 N–H and O–H groups in total. The SMILES string of the molecule is CCCCCCCCCCCCCCCCCC(=O)C(CCCCCCCCCCCCCCCC)C(=O)OCCCCCCCCCCCCCCCC. The maximum Gasteiger partial charge on any atom is 0.316 e. The minimum absolute atomic E-state index is 0.148. The molecule has 1 atom stereocenters. The average Bonchev–Trinajstić information content (AvgIpc) is 3.19. The highest BCUT2D eigenvalue weighted by atomic mass is 16.5. The van der Waals surface area contributed by atoms with Crippen LogP contribution in [0.2, 0.25) is 0 Å². The zero-order valence-electron chi connectivity index (χ0n) is 38.3. The molecule has 0 saturated carbocycles. The topological polar surface area (TPSA) is 43.4 Å². The van der Waals surface area contributed by atoms with Crippen LogP contribution in [-0.4, -0.2) is 18.4 Å². The summed E-state index contributed by atoms with van der Waals surface area (Å²) in [6, 6.07) is 0. The van der Waals surface area contributed by atoms with Gasteiger partial charge in [0.1, 0.15) is 11.7 Å². The van der Waals surface area contributed by atoms with Gasteiger partial charge in [-0.1, -0.05) is 284 Å². The number of hydrogen-bond donors (Lipinski definition) is 0. The molecular formula is C52H102O3. The summed E-state index contributed by atoms with van der Waals surface area (Å²) < 4.78 is 5.77. The van der Waals surface area contributed by atoms with Crippen LogP contribution in [0.5, 0.6) is 0 Å². The maximum atomic E-state index is 13.3.